The van der Waals surface area contributed by atoms with Gasteiger partial charge >= 0.3 is 0 Å². The first kappa shape index (κ1) is 10.6. The summed E-state index contributed by atoms with van der Waals surface area (Å²) in [5, 5.41) is 9.11. The van der Waals surface area contributed by atoms with Crippen molar-refractivity contribution in [2.45, 2.75) is 6.92 Å². The van der Waals surface area contributed by atoms with Crippen molar-refractivity contribution in [1.29, 1.82) is 5.26 Å². The molecule has 0 atom stereocenters. The molecule has 0 aliphatic rings. The van der Waals surface area contributed by atoms with Crippen molar-refractivity contribution in [3.05, 3.63) is 46.9 Å². The second kappa shape index (κ2) is 4.30. The average Bonchev–Trinajstić information content (AvgIpc) is 2.30. The molecular formula is C12H8ClN3. The average molecular weight is 230 g/mol. The standard InChI is InChI=1S/C12H8ClN3/c1-8-5-11(9-3-2-4-15-7-9)16-12(13)10(8)6-14/h2-5,7H,1H3. The quantitative estimate of drug-likeness (QED) is 0.707. The van der Waals surface area contributed by atoms with Crippen LogP contribution >= 0.6 is 11.6 Å². The van der Waals surface area contributed by atoms with E-state index in [1.165, 1.54) is 0 Å². The van der Waals surface area contributed by atoms with Gasteiger partial charge < -0.3 is 0 Å². The molecule has 0 bridgehead atoms. The molecule has 2 rings (SSSR count). The lowest BCUT2D eigenvalue weighted by molar-refractivity contribution is 1.24. The summed E-state index contributed by atoms with van der Waals surface area (Å²) < 4.78 is 0. The molecule has 0 N–H and O–H groups in total. The third kappa shape index (κ3) is 1.88. The number of pyridine rings is 2. The van der Waals surface area contributed by atoms with E-state index in [0.29, 0.717) is 5.56 Å². The minimum Gasteiger partial charge on any atom is -0.264 e. The Labute approximate surface area is 98.4 Å². The normalized spacial score (nSPS) is 9.81. The van der Waals surface area contributed by atoms with E-state index in [0.717, 1.165) is 16.8 Å². The highest BCUT2D eigenvalue weighted by Gasteiger charge is 2.08. The van der Waals surface area contributed by atoms with Gasteiger partial charge in [0.2, 0.25) is 0 Å². The number of hydrogen-bond donors (Lipinski definition) is 0. The van der Waals surface area contributed by atoms with Crippen molar-refractivity contribution >= 4 is 11.6 Å². The molecule has 0 amide bonds. The summed E-state index contributed by atoms with van der Waals surface area (Å²) >= 11 is 5.93. The molecular weight excluding hydrogens is 222 g/mol. The molecule has 0 saturated carbocycles. The number of aryl methyl sites for hydroxylation is 1. The summed E-state index contributed by atoms with van der Waals surface area (Å²) in [6.45, 7) is 1.84. The highest BCUT2D eigenvalue weighted by Crippen LogP contribution is 2.23. The molecule has 0 unspecified atom stereocenters. The van der Waals surface area contributed by atoms with Gasteiger partial charge in [-0.25, -0.2) is 4.98 Å². The molecule has 0 aromatic carbocycles. The van der Waals surface area contributed by atoms with Crippen LogP contribution < -0.4 is 0 Å². The van der Waals surface area contributed by atoms with E-state index >= 15 is 0 Å². The molecule has 2 aromatic heterocycles. The fourth-order valence-corrected chi connectivity index (χ4v) is 1.71. The molecule has 3 nitrogen and oxygen atoms in total. The second-order valence-electron chi connectivity index (χ2n) is 3.34. The van der Waals surface area contributed by atoms with Crippen molar-refractivity contribution < 1.29 is 0 Å². The predicted molar refractivity (Wildman–Crippen MR) is 61.9 cm³/mol. The molecule has 0 aliphatic heterocycles. The number of nitrogens with zero attached hydrogens (tertiary/aromatic N) is 3. The highest BCUT2D eigenvalue weighted by atomic mass is 35.5. The molecule has 2 aromatic rings. The van der Waals surface area contributed by atoms with Gasteiger partial charge in [0.25, 0.3) is 0 Å². The first-order valence-corrected chi connectivity index (χ1v) is 5.08. The van der Waals surface area contributed by atoms with Crippen molar-refractivity contribution in [2.24, 2.45) is 0 Å². The van der Waals surface area contributed by atoms with Gasteiger partial charge in [-0.3, -0.25) is 4.98 Å². The van der Waals surface area contributed by atoms with Crippen LogP contribution in [-0.4, -0.2) is 9.97 Å². The fraction of sp³-hybridized carbons (Fsp3) is 0.0833. The first-order valence-electron chi connectivity index (χ1n) is 4.70. The Kier molecular flexibility index (Phi) is 2.84. The van der Waals surface area contributed by atoms with E-state index in [-0.39, 0.29) is 5.15 Å². The van der Waals surface area contributed by atoms with Crippen molar-refractivity contribution in [1.82, 2.24) is 9.97 Å². The van der Waals surface area contributed by atoms with Crippen molar-refractivity contribution in [3.8, 4) is 17.3 Å². The van der Waals surface area contributed by atoms with E-state index < -0.39 is 0 Å². The van der Waals surface area contributed by atoms with Gasteiger partial charge in [-0.1, -0.05) is 11.6 Å². The van der Waals surface area contributed by atoms with E-state index in [1.54, 1.807) is 12.4 Å². The largest absolute Gasteiger partial charge is 0.264 e. The lowest BCUT2D eigenvalue weighted by Crippen LogP contribution is -1.92. The van der Waals surface area contributed by atoms with Gasteiger partial charge in [-0.2, -0.15) is 5.26 Å². The van der Waals surface area contributed by atoms with E-state index in [2.05, 4.69) is 9.97 Å². The number of hydrogen-bond acceptors (Lipinski definition) is 3. The summed E-state index contributed by atoms with van der Waals surface area (Å²) in [6, 6.07) is 7.60. The van der Waals surface area contributed by atoms with Crippen LogP contribution in [0.15, 0.2) is 30.6 Å². The van der Waals surface area contributed by atoms with Crippen LogP contribution in [0.25, 0.3) is 11.3 Å². The summed E-state index contributed by atoms with van der Waals surface area (Å²) in [7, 11) is 0. The van der Waals surface area contributed by atoms with E-state index in [9.17, 15) is 0 Å². The fourth-order valence-electron chi connectivity index (χ4n) is 1.43. The molecule has 4 heteroatoms. The molecule has 0 aliphatic carbocycles. The number of nitriles is 1. The highest BCUT2D eigenvalue weighted by molar-refractivity contribution is 6.30. The van der Waals surface area contributed by atoms with Crippen molar-refractivity contribution in [2.75, 3.05) is 0 Å². The number of rotatable bonds is 1. The zero-order valence-corrected chi connectivity index (χ0v) is 9.36. The smallest absolute Gasteiger partial charge is 0.147 e. The van der Waals surface area contributed by atoms with E-state index in [1.807, 2.05) is 31.2 Å². The zero-order valence-electron chi connectivity index (χ0n) is 8.61. The lowest BCUT2D eigenvalue weighted by Gasteiger charge is -2.04. The summed E-state index contributed by atoms with van der Waals surface area (Å²) in [5.74, 6) is 0. The number of aromatic nitrogens is 2. The van der Waals surface area contributed by atoms with E-state index in [4.69, 9.17) is 16.9 Å². The Balaban J connectivity index is 2.58. The zero-order chi connectivity index (χ0) is 11.5. The lowest BCUT2D eigenvalue weighted by atomic mass is 10.1. The topological polar surface area (TPSA) is 49.6 Å². The molecule has 2 heterocycles. The monoisotopic (exact) mass is 229 g/mol. The Morgan fingerprint density at radius 2 is 2.25 bits per heavy atom. The van der Waals surface area contributed by atoms with Crippen molar-refractivity contribution in [3.63, 3.8) is 0 Å². The SMILES string of the molecule is Cc1cc(-c2cccnc2)nc(Cl)c1C#N. The number of halogens is 1. The molecule has 0 spiro atoms. The van der Waals surface area contributed by atoms with Crippen LogP contribution in [0.2, 0.25) is 5.15 Å². The Bertz CT molecular complexity index is 535. The van der Waals surface area contributed by atoms with Crippen LogP contribution in [0.3, 0.4) is 0 Å². The van der Waals surface area contributed by atoms with Crippen LogP contribution in [0.4, 0.5) is 0 Å². The van der Waals surface area contributed by atoms with Gasteiger partial charge in [0.15, 0.2) is 0 Å². The van der Waals surface area contributed by atoms with Crippen LogP contribution in [-0.2, 0) is 0 Å². The Morgan fingerprint density at radius 3 is 2.81 bits per heavy atom. The minimum atomic E-state index is 0.237. The molecule has 0 saturated heterocycles. The first-order chi connectivity index (χ1) is 7.72. The van der Waals surface area contributed by atoms with Gasteiger partial charge in [-0.05, 0) is 30.7 Å². The van der Waals surface area contributed by atoms with Crippen LogP contribution in [0, 0.1) is 18.3 Å². The third-order valence-electron chi connectivity index (χ3n) is 2.24. The maximum Gasteiger partial charge on any atom is 0.147 e. The van der Waals surface area contributed by atoms with Gasteiger partial charge in [0, 0.05) is 18.0 Å². The predicted octanol–water partition coefficient (Wildman–Crippen LogP) is 2.98. The molecule has 0 radical (unpaired) electrons. The van der Waals surface area contributed by atoms with Gasteiger partial charge in [-0.15, -0.1) is 0 Å². The van der Waals surface area contributed by atoms with Gasteiger partial charge in [0.05, 0.1) is 11.3 Å². The maximum absolute atomic E-state index is 8.87. The second-order valence-corrected chi connectivity index (χ2v) is 3.70. The molecule has 0 fully saturated rings. The maximum atomic E-state index is 8.87. The van der Waals surface area contributed by atoms with Crippen LogP contribution in [0.1, 0.15) is 11.1 Å². The van der Waals surface area contributed by atoms with Crippen LogP contribution in [0.5, 0.6) is 0 Å². The Morgan fingerprint density at radius 1 is 1.44 bits per heavy atom. The summed E-state index contributed by atoms with van der Waals surface area (Å²) in [4.78, 5) is 8.19. The molecule has 16 heavy (non-hydrogen) atoms. The third-order valence-corrected chi connectivity index (χ3v) is 2.52. The van der Waals surface area contributed by atoms with Gasteiger partial charge in [0.1, 0.15) is 11.2 Å². The molecule has 78 valence electrons. The minimum absolute atomic E-state index is 0.237. The summed E-state index contributed by atoms with van der Waals surface area (Å²) in [6.07, 6.45) is 3.41. The summed E-state index contributed by atoms with van der Waals surface area (Å²) in [5.41, 5.74) is 2.86. The Hall–Kier alpha value is -1.92.